The van der Waals surface area contributed by atoms with Crippen molar-refractivity contribution < 1.29 is 4.79 Å². The number of carbonyl (C=O) groups excluding carboxylic acids is 1. The number of aromatic amines is 1. The highest BCUT2D eigenvalue weighted by Gasteiger charge is 2.13. The SMILES string of the molecule is Cc1ccc(-c2cc(C#N)c[nH]2)cc1.Cc1ccc(C(=O)CC(C#N)C#N)cc1. The van der Waals surface area contributed by atoms with Crippen LogP contribution in [-0.4, -0.2) is 10.8 Å². The van der Waals surface area contributed by atoms with Gasteiger partial charge in [-0.25, -0.2) is 0 Å². The highest BCUT2D eigenvalue weighted by atomic mass is 16.1. The number of H-pyrrole nitrogens is 1. The molecule has 5 heteroatoms. The zero-order chi connectivity index (χ0) is 21.2. The minimum Gasteiger partial charge on any atom is -0.360 e. The molecule has 3 rings (SSSR count). The van der Waals surface area contributed by atoms with Crippen molar-refractivity contribution in [1.29, 1.82) is 15.8 Å². The van der Waals surface area contributed by atoms with E-state index in [1.165, 1.54) is 5.56 Å². The van der Waals surface area contributed by atoms with Gasteiger partial charge in [0.2, 0.25) is 0 Å². The molecule has 0 unspecified atom stereocenters. The zero-order valence-electron chi connectivity index (χ0n) is 16.3. The molecule has 0 radical (unpaired) electrons. The van der Waals surface area contributed by atoms with Crippen LogP contribution >= 0.6 is 0 Å². The summed E-state index contributed by atoms with van der Waals surface area (Å²) in [5.41, 5.74) is 5.62. The fraction of sp³-hybridized carbons (Fsp3) is 0.167. The second kappa shape index (κ2) is 10.3. The molecule has 0 aliphatic carbocycles. The molecule has 142 valence electrons. The average Bonchev–Trinajstić information content (AvgIpc) is 3.22. The molecule has 0 aliphatic rings. The van der Waals surface area contributed by atoms with Crippen molar-refractivity contribution in [2.45, 2.75) is 20.3 Å². The monoisotopic (exact) mass is 380 g/mol. The Bertz CT molecular complexity index is 1070. The molecule has 5 nitrogen and oxygen atoms in total. The van der Waals surface area contributed by atoms with Gasteiger partial charge < -0.3 is 4.98 Å². The third-order valence-corrected chi connectivity index (χ3v) is 4.25. The van der Waals surface area contributed by atoms with Crippen molar-refractivity contribution in [2.24, 2.45) is 5.92 Å². The molecular weight excluding hydrogens is 360 g/mol. The Balaban J connectivity index is 0.000000207. The lowest BCUT2D eigenvalue weighted by atomic mass is 10.00. The first-order chi connectivity index (χ1) is 14.0. The number of Topliss-reactive ketones (excluding diaryl/α,β-unsaturated/α-hetero) is 1. The molecule has 0 spiro atoms. The summed E-state index contributed by atoms with van der Waals surface area (Å²) in [5, 5.41) is 25.8. The van der Waals surface area contributed by atoms with Crippen molar-refractivity contribution in [1.82, 2.24) is 4.98 Å². The number of hydrogen-bond donors (Lipinski definition) is 1. The number of benzene rings is 2. The topological polar surface area (TPSA) is 104 Å². The number of ketones is 1. The number of rotatable bonds is 4. The molecule has 0 saturated carbocycles. The van der Waals surface area contributed by atoms with E-state index in [2.05, 4.69) is 30.1 Å². The van der Waals surface area contributed by atoms with Gasteiger partial charge in [-0.15, -0.1) is 0 Å². The van der Waals surface area contributed by atoms with Crippen molar-refractivity contribution in [3.63, 3.8) is 0 Å². The second-order valence-corrected chi connectivity index (χ2v) is 6.58. The maximum Gasteiger partial charge on any atom is 0.165 e. The largest absolute Gasteiger partial charge is 0.360 e. The van der Waals surface area contributed by atoms with Gasteiger partial charge in [0.25, 0.3) is 0 Å². The number of nitriles is 3. The van der Waals surface area contributed by atoms with Crippen molar-refractivity contribution in [2.75, 3.05) is 0 Å². The van der Waals surface area contributed by atoms with Crippen LogP contribution in [0, 0.1) is 53.8 Å². The molecule has 0 saturated heterocycles. The second-order valence-electron chi connectivity index (χ2n) is 6.58. The number of carbonyl (C=O) groups is 1. The molecule has 0 bridgehead atoms. The van der Waals surface area contributed by atoms with E-state index in [0.29, 0.717) is 11.1 Å². The molecule has 1 N–H and O–H groups in total. The van der Waals surface area contributed by atoms with E-state index in [-0.39, 0.29) is 12.2 Å². The summed E-state index contributed by atoms with van der Waals surface area (Å²) >= 11 is 0. The minimum absolute atomic E-state index is 0.0317. The van der Waals surface area contributed by atoms with Crippen LogP contribution in [0.15, 0.2) is 60.8 Å². The van der Waals surface area contributed by atoms with Gasteiger partial charge in [-0.1, -0.05) is 59.7 Å². The molecule has 0 amide bonds. The quantitative estimate of drug-likeness (QED) is 0.636. The van der Waals surface area contributed by atoms with Gasteiger partial charge >= 0.3 is 0 Å². The highest BCUT2D eigenvalue weighted by Crippen LogP contribution is 2.19. The summed E-state index contributed by atoms with van der Waals surface area (Å²) < 4.78 is 0. The molecule has 3 aromatic rings. The van der Waals surface area contributed by atoms with Gasteiger partial charge in [-0.05, 0) is 25.5 Å². The minimum atomic E-state index is -0.848. The standard InChI is InChI=1S/C12H10N2O.C12H10N2/c1-9-2-4-11(5-3-9)12(15)6-10(7-13)8-14;1-9-2-4-11(5-3-9)12-6-10(7-13)8-14-12/h2-5,10H,6H2,1H3;2-6,8,14H,1H3. The molecule has 0 aliphatic heterocycles. The maximum atomic E-state index is 11.6. The van der Waals surface area contributed by atoms with Crippen molar-refractivity contribution >= 4 is 5.78 Å². The van der Waals surface area contributed by atoms with Gasteiger partial charge in [0.15, 0.2) is 5.78 Å². The van der Waals surface area contributed by atoms with Gasteiger partial charge in [0.1, 0.15) is 12.0 Å². The third kappa shape index (κ3) is 6.21. The summed E-state index contributed by atoms with van der Waals surface area (Å²) in [6.45, 7) is 3.99. The molecule has 2 aromatic carbocycles. The molecule has 1 heterocycles. The van der Waals surface area contributed by atoms with E-state index < -0.39 is 5.92 Å². The summed E-state index contributed by atoms with van der Waals surface area (Å²) in [7, 11) is 0. The van der Waals surface area contributed by atoms with Crippen LogP contribution in [0.1, 0.15) is 33.5 Å². The average molecular weight is 380 g/mol. The third-order valence-electron chi connectivity index (χ3n) is 4.25. The van der Waals surface area contributed by atoms with Gasteiger partial charge in [0.05, 0.1) is 17.7 Å². The van der Waals surface area contributed by atoms with Gasteiger partial charge in [-0.2, -0.15) is 15.8 Å². The Kier molecular flexibility index (Phi) is 7.49. The van der Waals surface area contributed by atoms with E-state index in [1.807, 2.05) is 37.3 Å². The van der Waals surface area contributed by atoms with Crippen molar-refractivity contribution in [3.8, 4) is 29.5 Å². The highest BCUT2D eigenvalue weighted by molar-refractivity contribution is 5.96. The van der Waals surface area contributed by atoms with Gasteiger partial charge in [-0.3, -0.25) is 4.79 Å². The summed E-state index contributed by atoms with van der Waals surface area (Å²) in [5.74, 6) is -1.01. The van der Waals surface area contributed by atoms with Crippen LogP contribution in [0.4, 0.5) is 0 Å². The predicted molar refractivity (Wildman–Crippen MR) is 111 cm³/mol. The molecule has 29 heavy (non-hydrogen) atoms. The van der Waals surface area contributed by atoms with Crippen LogP contribution in [0.25, 0.3) is 11.3 Å². The molecule has 0 fully saturated rings. The lowest BCUT2D eigenvalue weighted by Gasteiger charge is -2.01. The van der Waals surface area contributed by atoms with Crippen LogP contribution in [0.2, 0.25) is 0 Å². The Labute approximate surface area is 170 Å². The molecule has 0 atom stereocenters. The first-order valence-electron chi connectivity index (χ1n) is 9.01. The number of aromatic nitrogens is 1. The molecular formula is C24H20N4O. The normalized spacial score (nSPS) is 9.52. The van der Waals surface area contributed by atoms with Crippen LogP contribution in [0.5, 0.6) is 0 Å². The Hall–Kier alpha value is -4.14. The van der Waals surface area contributed by atoms with Crippen molar-refractivity contribution in [3.05, 3.63) is 83.0 Å². The number of hydrogen-bond acceptors (Lipinski definition) is 4. The Morgan fingerprint density at radius 3 is 1.97 bits per heavy atom. The van der Waals surface area contributed by atoms with Crippen LogP contribution in [0.3, 0.4) is 0 Å². The Morgan fingerprint density at radius 2 is 1.48 bits per heavy atom. The smallest absolute Gasteiger partial charge is 0.165 e. The van der Waals surface area contributed by atoms with Crippen LogP contribution < -0.4 is 0 Å². The number of aryl methyl sites for hydroxylation is 2. The fourth-order valence-electron chi connectivity index (χ4n) is 2.52. The fourth-order valence-corrected chi connectivity index (χ4v) is 2.52. The van der Waals surface area contributed by atoms with Gasteiger partial charge in [0, 0.05) is 23.9 Å². The van der Waals surface area contributed by atoms with E-state index in [0.717, 1.165) is 16.8 Å². The maximum absolute atomic E-state index is 11.6. The van der Waals surface area contributed by atoms with E-state index >= 15 is 0 Å². The lowest BCUT2D eigenvalue weighted by Crippen LogP contribution is -2.05. The summed E-state index contributed by atoms with van der Waals surface area (Å²) in [6, 6.07) is 22.8. The summed E-state index contributed by atoms with van der Waals surface area (Å²) in [6.07, 6.45) is 1.69. The first-order valence-corrected chi connectivity index (χ1v) is 9.01. The van der Waals surface area contributed by atoms with E-state index in [9.17, 15) is 4.79 Å². The van der Waals surface area contributed by atoms with Crippen LogP contribution in [-0.2, 0) is 0 Å². The lowest BCUT2D eigenvalue weighted by molar-refractivity contribution is 0.0976. The Morgan fingerprint density at radius 1 is 0.931 bits per heavy atom. The first kappa shape index (κ1) is 21.2. The summed E-state index contributed by atoms with van der Waals surface area (Å²) in [4.78, 5) is 14.7. The van der Waals surface area contributed by atoms with E-state index in [1.54, 1.807) is 30.5 Å². The predicted octanol–water partition coefficient (Wildman–Crippen LogP) is 5.09. The van der Waals surface area contributed by atoms with E-state index in [4.69, 9.17) is 15.8 Å². The zero-order valence-corrected chi connectivity index (χ0v) is 16.3. The molecule has 1 aromatic heterocycles. The number of nitrogens with zero attached hydrogens (tertiary/aromatic N) is 3. The number of nitrogens with one attached hydrogen (secondary N) is 1.